The van der Waals surface area contributed by atoms with Gasteiger partial charge in [-0.15, -0.1) is 0 Å². The molecule has 0 aliphatic heterocycles. The van der Waals surface area contributed by atoms with Crippen LogP contribution in [-0.2, 0) is 0 Å². The Hall–Kier alpha value is -19.9. The third-order valence-electron chi connectivity index (χ3n) is 29.3. The highest BCUT2D eigenvalue weighted by atomic mass is 15.2. The Morgan fingerprint density at radius 1 is 0.107 bits per heavy atom. The molecule has 0 atom stereocenters. The number of benzene rings is 25. The molecule has 0 saturated carbocycles. The number of nitrogens with zero attached hydrogens (tertiary/aromatic N) is 6. The molecule has 0 aliphatic rings. The van der Waals surface area contributed by atoms with Gasteiger partial charge >= 0.3 is 0 Å². The lowest BCUT2D eigenvalue weighted by Gasteiger charge is -2.26. The minimum atomic E-state index is 1.11. The normalized spacial score (nSPS) is 11.3. The van der Waals surface area contributed by atoms with Crippen LogP contribution >= 0.6 is 0 Å². The monoisotopic (exact) mass is 1910 g/mol. The predicted molar refractivity (Wildman–Crippen MR) is 637 cm³/mol. The molecule has 0 spiro atoms. The summed E-state index contributed by atoms with van der Waals surface area (Å²) >= 11 is 0. The van der Waals surface area contributed by atoms with Gasteiger partial charge in [0.15, 0.2) is 0 Å². The van der Waals surface area contributed by atoms with E-state index in [4.69, 9.17) is 0 Å². The Morgan fingerprint density at radius 3 is 0.740 bits per heavy atom. The number of aromatic nitrogens is 3. The molecule has 0 saturated heterocycles. The highest BCUT2D eigenvalue weighted by Gasteiger charge is 2.25. The van der Waals surface area contributed by atoms with Gasteiger partial charge in [-0.05, 0) is 293 Å². The van der Waals surface area contributed by atoms with Crippen LogP contribution in [-0.4, -0.2) is 13.7 Å². The fraction of sp³-hybridized carbons (Fsp3) is 0. The molecule has 28 aromatic rings. The summed E-state index contributed by atoms with van der Waals surface area (Å²) in [4.78, 5) is 7.12. The van der Waals surface area contributed by atoms with E-state index in [0.717, 1.165) is 62.6 Å². The molecule has 28 rings (SSSR count). The third-order valence-corrected chi connectivity index (χ3v) is 29.3. The van der Waals surface area contributed by atoms with Crippen molar-refractivity contribution >= 4 is 149 Å². The first-order valence-corrected chi connectivity index (χ1v) is 51.4. The van der Waals surface area contributed by atoms with Crippen LogP contribution in [0.25, 0.3) is 193 Å². The van der Waals surface area contributed by atoms with Gasteiger partial charge in [-0.1, -0.05) is 419 Å². The second-order valence-electron chi connectivity index (χ2n) is 38.3. The summed E-state index contributed by atoms with van der Waals surface area (Å²) in [5, 5.41) is 14.8. The average molecular weight is 1910 g/mol. The van der Waals surface area contributed by atoms with Gasteiger partial charge in [0.2, 0.25) is 0 Å². The van der Waals surface area contributed by atoms with Crippen molar-refractivity contribution in [3.05, 3.63) is 607 Å². The SMILES string of the molecule is c1ccc(-c2ccc(N(c3ccc(-c4ccccc4)cc3)c3ccc4c(c3)c3ccc5ccccc5c3n4-c3ccccc3)cc2)cc1.c1ccc(-c2ccc(N(c3cccc(-c4ccccc4)c3)c3ccc4cc5c(cc4c3)c3ccccc3n5-c3ccc(-c4ccccc4)cc3)cc2)cc1.c1ccc(-c2ccc(N(c3cccc(-c4ccccc4)c3)c3ccc4cc5c(cc4c3)c3ccccc3n5-c3ccccc3)cc2)cc1. The lowest BCUT2D eigenvalue weighted by Crippen LogP contribution is -2.10. The van der Waals surface area contributed by atoms with Gasteiger partial charge in [0.1, 0.15) is 0 Å². The van der Waals surface area contributed by atoms with Gasteiger partial charge < -0.3 is 28.4 Å². The molecule has 3 heterocycles. The van der Waals surface area contributed by atoms with E-state index in [1.165, 1.54) is 181 Å². The highest BCUT2D eigenvalue weighted by Crippen LogP contribution is 2.48. The van der Waals surface area contributed by atoms with Crippen molar-refractivity contribution in [3.63, 3.8) is 0 Å². The molecule has 0 bridgehead atoms. The van der Waals surface area contributed by atoms with Gasteiger partial charge in [0.05, 0.1) is 33.1 Å². The van der Waals surface area contributed by atoms with Crippen LogP contribution in [0.15, 0.2) is 607 Å². The van der Waals surface area contributed by atoms with Gasteiger partial charge in [0, 0.05) is 106 Å². The van der Waals surface area contributed by atoms with E-state index in [1.54, 1.807) is 0 Å². The Kier molecular flexibility index (Phi) is 24.0. The zero-order valence-corrected chi connectivity index (χ0v) is 82.4. The minimum Gasteiger partial charge on any atom is -0.310 e. The fourth-order valence-corrected chi connectivity index (χ4v) is 22.0. The largest absolute Gasteiger partial charge is 0.310 e. The number of para-hydroxylation sites is 4. The van der Waals surface area contributed by atoms with Crippen molar-refractivity contribution in [1.82, 2.24) is 13.7 Å². The van der Waals surface area contributed by atoms with Crippen molar-refractivity contribution in [2.75, 3.05) is 14.7 Å². The van der Waals surface area contributed by atoms with Crippen molar-refractivity contribution in [2.45, 2.75) is 0 Å². The molecule has 3 aromatic heterocycles. The molecule has 0 radical (unpaired) electrons. The smallest absolute Gasteiger partial charge is 0.0619 e. The predicted octanol–water partition coefficient (Wildman–Crippen LogP) is 39.9. The van der Waals surface area contributed by atoms with Crippen LogP contribution in [0.5, 0.6) is 0 Å². The molecule has 150 heavy (non-hydrogen) atoms. The van der Waals surface area contributed by atoms with Gasteiger partial charge in [-0.2, -0.15) is 0 Å². The molecule has 6 heteroatoms. The van der Waals surface area contributed by atoms with E-state index in [0.29, 0.717) is 0 Å². The van der Waals surface area contributed by atoms with Crippen LogP contribution in [0.2, 0.25) is 0 Å². The number of fused-ring (bicyclic) bond motifs is 13. The highest BCUT2D eigenvalue weighted by molar-refractivity contribution is 6.20. The van der Waals surface area contributed by atoms with Gasteiger partial charge in [-0.25, -0.2) is 0 Å². The lowest BCUT2D eigenvalue weighted by atomic mass is 10.0. The minimum absolute atomic E-state index is 1.11. The Balaban J connectivity index is 0.000000114. The van der Waals surface area contributed by atoms with Crippen LogP contribution in [0.3, 0.4) is 0 Å². The summed E-state index contributed by atoms with van der Waals surface area (Å²) < 4.78 is 7.21. The van der Waals surface area contributed by atoms with E-state index < -0.39 is 0 Å². The van der Waals surface area contributed by atoms with Crippen molar-refractivity contribution in [3.8, 4) is 95.0 Å². The standard InChI is InChI=1S/C52H36N2.2C46H32N2/c1-4-13-37(14-5-1)40-23-28-45(29-24-40)53(47-20-12-19-42(33-47)39-17-8-3-9-18-39)48-32-27-43-36-52-50(35-44(43)34-48)49-21-10-11-22-51(49)54(52)46-30-25-41(26-31-46)38-15-6-2-7-16-38;1-4-13-33(14-5-1)35-23-26-40(27-24-35)47(41-20-12-17-36(29-41)34-15-6-2-7-16-34)42-28-25-37-32-46-44(31-38(37)30-42)43-21-10-11-22-45(43)48(46)39-18-8-3-9-19-39;1-4-12-33(13-5-1)35-20-25-39(26-21-35)47(40-27-22-36(23-28-40)34-14-6-2-7-15-34)41-29-31-45-44(32-41)43-30-24-37-16-10-11-19-42(37)46(43)48(45)38-17-8-3-9-18-38/h1-36H;2*1-32H. The quantitative estimate of drug-likeness (QED) is 0.0806. The number of hydrogen-bond acceptors (Lipinski definition) is 3. The van der Waals surface area contributed by atoms with Crippen molar-refractivity contribution in [2.24, 2.45) is 0 Å². The van der Waals surface area contributed by atoms with Crippen molar-refractivity contribution in [1.29, 1.82) is 0 Å². The Morgan fingerprint density at radius 2 is 0.360 bits per heavy atom. The average Bonchev–Trinajstić information content (AvgIpc) is 1.57. The van der Waals surface area contributed by atoms with E-state index in [1.807, 2.05) is 0 Å². The van der Waals surface area contributed by atoms with E-state index in [2.05, 4.69) is 635 Å². The van der Waals surface area contributed by atoms with E-state index >= 15 is 0 Å². The first-order chi connectivity index (χ1) is 74.4. The first kappa shape index (κ1) is 90.1. The zero-order chi connectivity index (χ0) is 99.6. The molecule has 706 valence electrons. The zero-order valence-electron chi connectivity index (χ0n) is 82.4. The summed E-state index contributed by atoms with van der Waals surface area (Å²) in [5.41, 5.74) is 37.6. The van der Waals surface area contributed by atoms with E-state index in [-0.39, 0.29) is 0 Å². The second kappa shape index (κ2) is 40.0. The second-order valence-corrected chi connectivity index (χ2v) is 38.3. The molecular weight excluding hydrogens is 1810 g/mol. The molecule has 0 amide bonds. The summed E-state index contributed by atoms with van der Waals surface area (Å²) in [7, 11) is 0. The number of rotatable bonds is 19. The molecular formula is C144H100N6. The topological polar surface area (TPSA) is 24.5 Å². The maximum Gasteiger partial charge on any atom is 0.0619 e. The summed E-state index contributed by atoms with van der Waals surface area (Å²) in [5.74, 6) is 0. The van der Waals surface area contributed by atoms with Crippen LogP contribution in [0, 0.1) is 0 Å². The third kappa shape index (κ3) is 17.6. The maximum atomic E-state index is 2.42. The molecule has 0 unspecified atom stereocenters. The molecule has 6 nitrogen and oxygen atoms in total. The lowest BCUT2D eigenvalue weighted by molar-refractivity contribution is 1.18. The molecule has 0 aliphatic carbocycles. The Bertz CT molecular complexity index is 9650. The van der Waals surface area contributed by atoms with Crippen molar-refractivity contribution < 1.29 is 0 Å². The van der Waals surface area contributed by atoms with Gasteiger partial charge in [-0.3, -0.25) is 0 Å². The maximum absolute atomic E-state index is 2.42. The number of hydrogen-bond donors (Lipinski definition) is 0. The fourth-order valence-electron chi connectivity index (χ4n) is 22.0. The molecule has 0 N–H and O–H groups in total. The van der Waals surface area contributed by atoms with Crippen LogP contribution in [0.1, 0.15) is 0 Å². The first-order valence-electron chi connectivity index (χ1n) is 51.4. The Labute approximate surface area is 872 Å². The van der Waals surface area contributed by atoms with Crippen LogP contribution < -0.4 is 14.7 Å². The van der Waals surface area contributed by atoms with Crippen LogP contribution in [0.4, 0.5) is 51.2 Å². The van der Waals surface area contributed by atoms with E-state index in [9.17, 15) is 0 Å². The summed E-state index contributed by atoms with van der Waals surface area (Å²) in [6.07, 6.45) is 0. The molecule has 25 aromatic carbocycles. The number of anilines is 9. The molecule has 0 fully saturated rings. The van der Waals surface area contributed by atoms with Gasteiger partial charge in [0.25, 0.3) is 0 Å². The summed E-state index contributed by atoms with van der Waals surface area (Å²) in [6, 6.07) is 219. The summed E-state index contributed by atoms with van der Waals surface area (Å²) in [6.45, 7) is 0.